The maximum atomic E-state index is 12.2. The third-order valence-electron chi connectivity index (χ3n) is 4.24. The Morgan fingerprint density at radius 2 is 1.93 bits per heavy atom. The molecule has 1 amide bonds. The number of benzene rings is 2. The van der Waals surface area contributed by atoms with Crippen LogP contribution >= 0.6 is 0 Å². The van der Waals surface area contributed by atoms with Crippen LogP contribution in [0.4, 0.5) is 0 Å². The minimum absolute atomic E-state index is 0.0636. The van der Waals surface area contributed by atoms with E-state index in [4.69, 9.17) is 18.9 Å². The van der Waals surface area contributed by atoms with Crippen LogP contribution in [0.5, 0.6) is 17.2 Å². The molecule has 1 aliphatic rings. The van der Waals surface area contributed by atoms with Crippen molar-refractivity contribution >= 4 is 11.9 Å². The zero-order valence-corrected chi connectivity index (χ0v) is 15.9. The number of carbonyl (C=O) groups is 2. The summed E-state index contributed by atoms with van der Waals surface area (Å²) >= 11 is 0. The van der Waals surface area contributed by atoms with Gasteiger partial charge in [-0.2, -0.15) is 0 Å². The molecule has 1 aliphatic heterocycles. The number of ether oxygens (including phenoxy) is 4. The number of hydrogen-bond acceptors (Lipinski definition) is 6. The highest BCUT2D eigenvalue weighted by Gasteiger charge is 2.18. The Labute approximate surface area is 163 Å². The fourth-order valence-corrected chi connectivity index (χ4v) is 2.66. The van der Waals surface area contributed by atoms with Crippen molar-refractivity contribution in [2.45, 2.75) is 32.9 Å². The van der Waals surface area contributed by atoms with Gasteiger partial charge in [-0.1, -0.05) is 24.3 Å². The highest BCUT2D eigenvalue weighted by Crippen LogP contribution is 2.32. The Hall–Kier alpha value is -3.22. The molecule has 0 fully saturated rings. The smallest absolute Gasteiger partial charge is 0.310 e. The van der Waals surface area contributed by atoms with Crippen molar-refractivity contribution in [3.63, 3.8) is 0 Å². The number of rotatable bonds is 8. The molecule has 2 aromatic rings. The first kappa shape index (κ1) is 19.5. The van der Waals surface area contributed by atoms with E-state index in [1.807, 2.05) is 43.3 Å². The van der Waals surface area contributed by atoms with Gasteiger partial charge in [0.2, 0.25) is 6.79 Å². The van der Waals surface area contributed by atoms with Gasteiger partial charge >= 0.3 is 5.97 Å². The number of aryl methyl sites for hydroxylation is 1. The van der Waals surface area contributed by atoms with Crippen molar-refractivity contribution in [2.24, 2.45) is 0 Å². The molecule has 0 aromatic heterocycles. The summed E-state index contributed by atoms with van der Waals surface area (Å²) in [6, 6.07) is 13.0. The van der Waals surface area contributed by atoms with E-state index in [2.05, 4.69) is 5.32 Å². The summed E-state index contributed by atoms with van der Waals surface area (Å²) in [6.45, 7) is 4.16. The SMILES string of the molecule is Cc1ccccc1OCCC(=O)O[C@H](C)C(=O)NCc1ccc2c(c1)OCO2. The third-order valence-corrected chi connectivity index (χ3v) is 4.24. The largest absolute Gasteiger partial charge is 0.493 e. The second-order valence-electron chi connectivity index (χ2n) is 6.40. The predicted octanol–water partition coefficient (Wildman–Crippen LogP) is 2.74. The van der Waals surface area contributed by atoms with E-state index in [9.17, 15) is 9.59 Å². The molecule has 7 nitrogen and oxygen atoms in total. The number of fused-ring (bicyclic) bond motifs is 1. The van der Waals surface area contributed by atoms with E-state index in [1.165, 1.54) is 6.92 Å². The highest BCUT2D eigenvalue weighted by atomic mass is 16.7. The zero-order chi connectivity index (χ0) is 19.9. The summed E-state index contributed by atoms with van der Waals surface area (Å²) in [7, 11) is 0. The molecule has 0 unspecified atom stereocenters. The Morgan fingerprint density at radius 1 is 1.14 bits per heavy atom. The zero-order valence-electron chi connectivity index (χ0n) is 15.9. The first-order valence-electron chi connectivity index (χ1n) is 9.07. The quantitative estimate of drug-likeness (QED) is 0.704. The average molecular weight is 385 g/mol. The van der Waals surface area contributed by atoms with Crippen LogP contribution in [-0.2, 0) is 20.9 Å². The van der Waals surface area contributed by atoms with Crippen LogP contribution in [0.2, 0.25) is 0 Å². The van der Waals surface area contributed by atoms with E-state index < -0.39 is 12.1 Å². The number of para-hydroxylation sites is 1. The van der Waals surface area contributed by atoms with Crippen LogP contribution in [0.25, 0.3) is 0 Å². The molecule has 0 spiro atoms. The fraction of sp³-hybridized carbons (Fsp3) is 0.333. The lowest BCUT2D eigenvalue weighted by Crippen LogP contribution is -2.35. The average Bonchev–Trinajstić information content (AvgIpc) is 3.15. The maximum absolute atomic E-state index is 12.2. The molecule has 1 N–H and O–H groups in total. The van der Waals surface area contributed by atoms with Gasteiger partial charge in [0.25, 0.3) is 5.91 Å². The summed E-state index contributed by atoms with van der Waals surface area (Å²) in [4.78, 5) is 24.1. The molecular weight excluding hydrogens is 362 g/mol. The van der Waals surface area contributed by atoms with Gasteiger partial charge < -0.3 is 24.3 Å². The van der Waals surface area contributed by atoms with E-state index in [0.717, 1.165) is 16.9 Å². The van der Waals surface area contributed by atoms with Crippen LogP contribution in [0.1, 0.15) is 24.5 Å². The number of esters is 1. The second kappa shape index (κ2) is 9.12. The molecular formula is C21H23NO6. The van der Waals surface area contributed by atoms with E-state index in [0.29, 0.717) is 18.0 Å². The van der Waals surface area contributed by atoms with Gasteiger partial charge in [0.1, 0.15) is 5.75 Å². The predicted molar refractivity (Wildman–Crippen MR) is 101 cm³/mol. The van der Waals surface area contributed by atoms with E-state index >= 15 is 0 Å². The second-order valence-corrected chi connectivity index (χ2v) is 6.40. The molecule has 0 bridgehead atoms. The summed E-state index contributed by atoms with van der Waals surface area (Å²) in [5.41, 5.74) is 1.86. The Kier molecular flexibility index (Phi) is 6.37. The summed E-state index contributed by atoms with van der Waals surface area (Å²) < 4.78 is 21.3. The number of nitrogens with one attached hydrogen (secondary N) is 1. The van der Waals surface area contributed by atoms with Gasteiger partial charge in [0.05, 0.1) is 13.0 Å². The highest BCUT2D eigenvalue weighted by molar-refractivity contribution is 5.83. The van der Waals surface area contributed by atoms with Crippen molar-refractivity contribution in [1.82, 2.24) is 5.32 Å². The van der Waals surface area contributed by atoms with E-state index in [1.54, 1.807) is 6.07 Å². The van der Waals surface area contributed by atoms with Crippen LogP contribution in [0.15, 0.2) is 42.5 Å². The van der Waals surface area contributed by atoms with Gasteiger partial charge in [-0.25, -0.2) is 0 Å². The molecule has 0 saturated carbocycles. The molecule has 28 heavy (non-hydrogen) atoms. The molecule has 0 radical (unpaired) electrons. The molecule has 0 saturated heterocycles. The van der Waals surface area contributed by atoms with Crippen LogP contribution in [0.3, 0.4) is 0 Å². The number of amides is 1. The minimum atomic E-state index is -0.889. The van der Waals surface area contributed by atoms with Crippen molar-refractivity contribution in [2.75, 3.05) is 13.4 Å². The number of hydrogen-bond donors (Lipinski definition) is 1. The van der Waals surface area contributed by atoms with Gasteiger partial charge in [0, 0.05) is 6.54 Å². The van der Waals surface area contributed by atoms with Gasteiger partial charge in [-0.05, 0) is 43.2 Å². The summed E-state index contributed by atoms with van der Waals surface area (Å²) in [5.74, 6) is 1.21. The van der Waals surface area contributed by atoms with Gasteiger partial charge in [-0.15, -0.1) is 0 Å². The first-order chi connectivity index (χ1) is 13.5. The monoisotopic (exact) mass is 385 g/mol. The standard InChI is InChI=1S/C21H23NO6/c1-14-5-3-4-6-17(14)25-10-9-20(23)28-15(2)21(24)22-12-16-7-8-18-19(11-16)27-13-26-18/h3-8,11,15H,9-10,12-13H2,1-2H3,(H,22,24)/t15-/m1/s1. The number of carbonyl (C=O) groups excluding carboxylic acids is 2. The normalized spacial score (nSPS) is 12.9. The summed E-state index contributed by atoms with van der Waals surface area (Å²) in [5, 5.41) is 2.74. The Balaban J connectivity index is 1.38. The fourth-order valence-electron chi connectivity index (χ4n) is 2.66. The lowest BCUT2D eigenvalue weighted by Gasteiger charge is -2.14. The van der Waals surface area contributed by atoms with Crippen molar-refractivity contribution in [3.05, 3.63) is 53.6 Å². The Bertz CT molecular complexity index is 851. The maximum Gasteiger partial charge on any atom is 0.310 e. The van der Waals surface area contributed by atoms with E-state index in [-0.39, 0.29) is 25.7 Å². The Morgan fingerprint density at radius 3 is 2.75 bits per heavy atom. The molecule has 148 valence electrons. The molecule has 2 aromatic carbocycles. The lowest BCUT2D eigenvalue weighted by molar-refractivity contribution is -0.155. The third kappa shape index (κ3) is 5.16. The molecule has 7 heteroatoms. The molecule has 1 heterocycles. The molecule has 3 rings (SSSR count). The topological polar surface area (TPSA) is 83.1 Å². The van der Waals surface area contributed by atoms with Crippen LogP contribution < -0.4 is 19.5 Å². The minimum Gasteiger partial charge on any atom is -0.493 e. The molecule has 0 aliphatic carbocycles. The van der Waals surface area contributed by atoms with Gasteiger partial charge in [-0.3, -0.25) is 9.59 Å². The van der Waals surface area contributed by atoms with Crippen molar-refractivity contribution in [1.29, 1.82) is 0 Å². The van der Waals surface area contributed by atoms with Gasteiger partial charge in [0.15, 0.2) is 17.6 Å². The van der Waals surface area contributed by atoms with Crippen molar-refractivity contribution < 1.29 is 28.5 Å². The molecule has 1 atom stereocenters. The first-order valence-corrected chi connectivity index (χ1v) is 9.07. The van der Waals surface area contributed by atoms with Crippen molar-refractivity contribution in [3.8, 4) is 17.2 Å². The summed E-state index contributed by atoms with van der Waals surface area (Å²) in [6.07, 6.45) is -0.825. The van der Waals surface area contributed by atoms with Crippen LogP contribution in [0, 0.1) is 6.92 Å². The van der Waals surface area contributed by atoms with Crippen LogP contribution in [-0.4, -0.2) is 31.4 Å². The lowest BCUT2D eigenvalue weighted by atomic mass is 10.2.